The number of rotatable bonds is 6. The summed E-state index contributed by atoms with van der Waals surface area (Å²) in [5, 5.41) is 8.91. The first kappa shape index (κ1) is 16.5. The molecule has 6 nitrogen and oxygen atoms in total. The minimum Gasteiger partial charge on any atom is -0.476 e. The number of hydrogen-bond acceptors (Lipinski definition) is 5. The van der Waals surface area contributed by atoms with Crippen LogP contribution in [0.2, 0.25) is 0 Å². The van der Waals surface area contributed by atoms with Gasteiger partial charge in [-0.25, -0.2) is 4.79 Å². The quantitative estimate of drug-likeness (QED) is 0.879. The maximum Gasteiger partial charge on any atom is 0.357 e. The molecular weight excluding hydrogens is 306 g/mol. The summed E-state index contributed by atoms with van der Waals surface area (Å²) < 4.78 is 5.25. The molecule has 0 aliphatic carbocycles. The van der Waals surface area contributed by atoms with Gasteiger partial charge in [-0.1, -0.05) is 30.3 Å². The molecule has 0 atom stereocenters. The number of carbonyl (C=O) groups is 1. The second-order valence-corrected chi connectivity index (χ2v) is 6.41. The second-order valence-electron chi connectivity index (χ2n) is 6.41. The van der Waals surface area contributed by atoms with Crippen LogP contribution in [0.4, 0.5) is 6.01 Å². The highest BCUT2D eigenvalue weighted by Gasteiger charge is 2.22. The van der Waals surface area contributed by atoms with E-state index in [0.717, 1.165) is 39.0 Å². The van der Waals surface area contributed by atoms with Gasteiger partial charge >= 0.3 is 5.97 Å². The Labute approximate surface area is 141 Å². The van der Waals surface area contributed by atoms with Crippen LogP contribution in [0.5, 0.6) is 0 Å². The Hall–Kier alpha value is -2.34. The molecule has 0 saturated carbocycles. The molecule has 128 valence electrons. The number of aromatic carboxylic acids is 1. The SMILES string of the molecule is CN(CC1CCN(Cc2ccccc2)CC1)c1nc(C(=O)O)co1. The van der Waals surface area contributed by atoms with E-state index < -0.39 is 5.97 Å². The third kappa shape index (κ3) is 4.14. The maximum atomic E-state index is 10.9. The van der Waals surface area contributed by atoms with Gasteiger partial charge in [-0.2, -0.15) is 4.98 Å². The molecule has 0 radical (unpaired) electrons. The van der Waals surface area contributed by atoms with E-state index in [1.807, 2.05) is 18.0 Å². The van der Waals surface area contributed by atoms with Crippen LogP contribution >= 0.6 is 0 Å². The number of oxazole rings is 1. The van der Waals surface area contributed by atoms with Crippen LogP contribution in [0.25, 0.3) is 0 Å². The zero-order valence-corrected chi connectivity index (χ0v) is 13.9. The molecule has 1 aromatic heterocycles. The number of benzene rings is 1. The molecule has 1 N–H and O–H groups in total. The molecule has 1 aliphatic rings. The van der Waals surface area contributed by atoms with Crippen molar-refractivity contribution in [1.82, 2.24) is 9.88 Å². The molecule has 1 fully saturated rings. The van der Waals surface area contributed by atoms with Gasteiger partial charge in [0.1, 0.15) is 6.26 Å². The lowest BCUT2D eigenvalue weighted by atomic mass is 9.96. The highest BCUT2D eigenvalue weighted by molar-refractivity contribution is 5.85. The summed E-state index contributed by atoms with van der Waals surface area (Å²) in [5.41, 5.74) is 1.31. The predicted molar refractivity (Wildman–Crippen MR) is 91.2 cm³/mol. The molecule has 2 aromatic rings. The van der Waals surface area contributed by atoms with Crippen LogP contribution in [0.1, 0.15) is 28.9 Å². The van der Waals surface area contributed by atoms with E-state index in [-0.39, 0.29) is 5.69 Å². The molecule has 0 spiro atoms. The van der Waals surface area contributed by atoms with E-state index in [1.54, 1.807) is 0 Å². The lowest BCUT2D eigenvalue weighted by Gasteiger charge is -2.33. The maximum absolute atomic E-state index is 10.9. The van der Waals surface area contributed by atoms with Crippen LogP contribution in [-0.2, 0) is 6.54 Å². The fourth-order valence-corrected chi connectivity index (χ4v) is 3.17. The largest absolute Gasteiger partial charge is 0.476 e. The number of carboxylic acid groups (broad SMARTS) is 1. The molecule has 3 rings (SSSR count). The van der Waals surface area contributed by atoms with Gasteiger partial charge < -0.3 is 14.4 Å². The topological polar surface area (TPSA) is 69.8 Å². The Balaban J connectivity index is 1.47. The van der Waals surface area contributed by atoms with Gasteiger partial charge in [-0.15, -0.1) is 0 Å². The molecule has 6 heteroatoms. The smallest absolute Gasteiger partial charge is 0.357 e. The second kappa shape index (κ2) is 7.49. The first-order valence-electron chi connectivity index (χ1n) is 8.28. The molecule has 1 aromatic carbocycles. The number of aromatic nitrogens is 1. The van der Waals surface area contributed by atoms with E-state index >= 15 is 0 Å². The lowest BCUT2D eigenvalue weighted by molar-refractivity contribution is 0.0690. The van der Waals surface area contributed by atoms with Gasteiger partial charge in [0.2, 0.25) is 0 Å². The summed E-state index contributed by atoms with van der Waals surface area (Å²) in [5.74, 6) is -0.491. The summed E-state index contributed by atoms with van der Waals surface area (Å²) in [7, 11) is 1.90. The number of anilines is 1. The first-order chi connectivity index (χ1) is 11.6. The normalized spacial score (nSPS) is 16.2. The third-order valence-electron chi connectivity index (χ3n) is 4.53. The summed E-state index contributed by atoms with van der Waals surface area (Å²) >= 11 is 0. The summed E-state index contributed by atoms with van der Waals surface area (Å²) in [4.78, 5) is 19.3. The van der Waals surface area contributed by atoms with Gasteiger partial charge in [0.05, 0.1) is 0 Å². The van der Waals surface area contributed by atoms with Gasteiger partial charge in [0.15, 0.2) is 5.69 Å². The van der Waals surface area contributed by atoms with Crippen molar-refractivity contribution in [2.45, 2.75) is 19.4 Å². The fourth-order valence-electron chi connectivity index (χ4n) is 3.17. The van der Waals surface area contributed by atoms with Crippen molar-refractivity contribution in [1.29, 1.82) is 0 Å². The minimum atomic E-state index is -1.06. The van der Waals surface area contributed by atoms with Crippen molar-refractivity contribution >= 4 is 12.0 Å². The van der Waals surface area contributed by atoms with E-state index in [0.29, 0.717) is 11.9 Å². The lowest BCUT2D eigenvalue weighted by Crippen LogP contribution is -2.37. The van der Waals surface area contributed by atoms with Crippen molar-refractivity contribution in [3.8, 4) is 0 Å². The van der Waals surface area contributed by atoms with Crippen LogP contribution in [0, 0.1) is 5.92 Å². The van der Waals surface area contributed by atoms with Crippen LogP contribution in [-0.4, -0.2) is 47.6 Å². The van der Waals surface area contributed by atoms with E-state index in [1.165, 1.54) is 11.8 Å². The van der Waals surface area contributed by atoms with E-state index in [2.05, 4.69) is 34.1 Å². The van der Waals surface area contributed by atoms with E-state index in [9.17, 15) is 4.79 Å². The van der Waals surface area contributed by atoms with E-state index in [4.69, 9.17) is 9.52 Å². The Bertz CT molecular complexity index is 663. The Kier molecular flexibility index (Phi) is 5.15. The Morgan fingerprint density at radius 3 is 2.67 bits per heavy atom. The van der Waals surface area contributed by atoms with Gasteiger partial charge in [0.25, 0.3) is 6.01 Å². The molecule has 0 bridgehead atoms. The van der Waals surface area contributed by atoms with Crippen molar-refractivity contribution in [3.63, 3.8) is 0 Å². The van der Waals surface area contributed by atoms with Gasteiger partial charge in [0, 0.05) is 20.1 Å². The zero-order chi connectivity index (χ0) is 16.9. The van der Waals surface area contributed by atoms with Crippen LogP contribution < -0.4 is 4.90 Å². The monoisotopic (exact) mass is 329 g/mol. The molecule has 24 heavy (non-hydrogen) atoms. The standard InChI is InChI=1S/C18H23N3O3/c1-20(18-19-16(13-24-18)17(22)23)11-15-7-9-21(10-8-15)12-14-5-3-2-4-6-14/h2-6,13,15H,7-12H2,1H3,(H,22,23). The van der Waals surface area contributed by atoms with Crippen molar-refractivity contribution in [2.75, 3.05) is 31.6 Å². The highest BCUT2D eigenvalue weighted by Crippen LogP contribution is 2.22. The van der Waals surface area contributed by atoms with Gasteiger partial charge in [-0.3, -0.25) is 4.90 Å². The summed E-state index contributed by atoms with van der Waals surface area (Å²) in [6, 6.07) is 10.9. The predicted octanol–water partition coefficient (Wildman–Crippen LogP) is 2.72. The molecule has 0 amide bonds. The number of nitrogens with zero attached hydrogens (tertiary/aromatic N) is 3. The van der Waals surface area contributed by atoms with Crippen molar-refractivity contribution < 1.29 is 14.3 Å². The number of piperidine rings is 1. The van der Waals surface area contributed by atoms with Crippen LogP contribution in [0.15, 0.2) is 41.0 Å². The average Bonchev–Trinajstić information content (AvgIpc) is 3.08. The number of hydrogen-bond donors (Lipinski definition) is 1. The fraction of sp³-hybridized carbons (Fsp3) is 0.444. The summed E-state index contributed by atoms with van der Waals surface area (Å²) in [6.07, 6.45) is 3.45. The van der Waals surface area contributed by atoms with Crippen molar-refractivity contribution in [3.05, 3.63) is 47.9 Å². The molecular formula is C18H23N3O3. The zero-order valence-electron chi connectivity index (χ0n) is 13.9. The molecule has 1 aliphatic heterocycles. The Morgan fingerprint density at radius 2 is 2.04 bits per heavy atom. The average molecular weight is 329 g/mol. The molecule has 1 saturated heterocycles. The van der Waals surface area contributed by atoms with Crippen LogP contribution in [0.3, 0.4) is 0 Å². The third-order valence-corrected chi connectivity index (χ3v) is 4.53. The highest BCUT2D eigenvalue weighted by atomic mass is 16.4. The Morgan fingerprint density at radius 1 is 1.33 bits per heavy atom. The number of carboxylic acids is 1. The van der Waals surface area contributed by atoms with Gasteiger partial charge in [-0.05, 0) is 37.4 Å². The van der Waals surface area contributed by atoms with Crippen molar-refractivity contribution in [2.24, 2.45) is 5.92 Å². The molecule has 2 heterocycles. The minimum absolute atomic E-state index is 0.0467. The summed E-state index contributed by atoms with van der Waals surface area (Å²) in [6.45, 7) is 4.00. The molecule has 0 unspecified atom stereocenters. The number of likely N-dealkylation sites (tertiary alicyclic amines) is 1. The first-order valence-corrected chi connectivity index (χ1v) is 8.28.